The molecule has 0 aliphatic carbocycles. The van der Waals surface area contributed by atoms with Gasteiger partial charge < -0.3 is 0 Å². The van der Waals surface area contributed by atoms with Gasteiger partial charge >= 0.3 is 0 Å². The molecule has 0 aliphatic heterocycles. The Kier molecular flexibility index (Phi) is 9.63. The van der Waals surface area contributed by atoms with Crippen LogP contribution < -0.4 is 0 Å². The lowest BCUT2D eigenvalue weighted by Gasteiger charge is -2.10. The number of hydrogen-bond donors (Lipinski definition) is 0. The minimum atomic E-state index is 1.28. The second kappa shape index (κ2) is 9.83. The first-order valence-corrected chi connectivity index (χ1v) is 5.82. The maximum Gasteiger partial charge on any atom is -0.00301 e. The van der Waals surface area contributed by atoms with Crippen LogP contribution in [-0.2, 0) is 0 Å². The van der Waals surface area contributed by atoms with Crippen molar-refractivity contribution in [3.05, 3.63) is 18.6 Å². The zero-order valence-electron chi connectivity index (χ0n) is 9.44. The van der Waals surface area contributed by atoms with E-state index in [1.54, 1.807) is 5.92 Å². The summed E-state index contributed by atoms with van der Waals surface area (Å²) < 4.78 is 0. The van der Waals surface area contributed by atoms with Crippen molar-refractivity contribution in [1.29, 1.82) is 0 Å². The van der Waals surface area contributed by atoms with Gasteiger partial charge in [-0.05, 0) is 18.8 Å². The smallest absolute Gasteiger partial charge is 0.00301 e. The second-order valence-corrected chi connectivity index (χ2v) is 3.78. The molecule has 0 atom stereocenters. The van der Waals surface area contributed by atoms with Crippen LogP contribution in [0.2, 0.25) is 0 Å². The van der Waals surface area contributed by atoms with Crippen LogP contribution in [0.1, 0.15) is 65.2 Å². The number of hydrogen-bond acceptors (Lipinski definition) is 0. The largest absolute Gasteiger partial charge is 0.102 e. The van der Waals surface area contributed by atoms with Crippen LogP contribution in [0.25, 0.3) is 0 Å². The van der Waals surface area contributed by atoms with Crippen LogP contribution in [-0.4, -0.2) is 0 Å². The van der Waals surface area contributed by atoms with E-state index in [0.29, 0.717) is 0 Å². The minimum Gasteiger partial charge on any atom is -0.102 e. The molecule has 0 bridgehead atoms. The Hall–Kier alpha value is -0.260. The molecule has 13 heavy (non-hydrogen) atoms. The fraction of sp³-hybridized carbons (Fsp3) is 0.769. The lowest BCUT2D eigenvalue weighted by atomic mass is 9.95. The summed E-state index contributed by atoms with van der Waals surface area (Å²) in [7, 11) is 0. The third kappa shape index (κ3) is 8.08. The van der Waals surface area contributed by atoms with Gasteiger partial charge in [0.1, 0.15) is 0 Å². The summed E-state index contributed by atoms with van der Waals surface area (Å²) in [6.07, 6.45) is 12.7. The van der Waals surface area contributed by atoms with Crippen molar-refractivity contribution >= 4 is 0 Å². The van der Waals surface area contributed by atoms with Gasteiger partial charge in [-0.2, -0.15) is 0 Å². The Morgan fingerprint density at radius 3 is 1.69 bits per heavy atom. The van der Waals surface area contributed by atoms with Gasteiger partial charge in [-0.1, -0.05) is 58.4 Å². The van der Waals surface area contributed by atoms with E-state index in [4.69, 9.17) is 0 Å². The van der Waals surface area contributed by atoms with Crippen molar-refractivity contribution in [3.8, 4) is 0 Å². The molecule has 0 aromatic heterocycles. The average Bonchev–Trinajstić information content (AvgIpc) is 2.16. The summed E-state index contributed by atoms with van der Waals surface area (Å²) in [5.41, 5.74) is 0. The fourth-order valence-corrected chi connectivity index (χ4v) is 1.53. The van der Waals surface area contributed by atoms with Gasteiger partial charge in [0.15, 0.2) is 0 Å². The summed E-state index contributed by atoms with van der Waals surface area (Å²) in [6.45, 7) is 8.39. The van der Waals surface area contributed by atoms with Crippen LogP contribution >= 0.6 is 0 Å². The zero-order valence-corrected chi connectivity index (χ0v) is 9.44. The summed E-state index contributed by atoms with van der Waals surface area (Å²) in [6, 6.07) is 0. The lowest BCUT2D eigenvalue weighted by Crippen LogP contribution is -1.93. The monoisotopic (exact) mass is 181 g/mol. The van der Waals surface area contributed by atoms with E-state index in [9.17, 15) is 0 Å². The van der Waals surface area contributed by atoms with Crippen molar-refractivity contribution in [3.63, 3.8) is 0 Å². The van der Waals surface area contributed by atoms with Crippen LogP contribution in [0.4, 0.5) is 0 Å². The Morgan fingerprint density at radius 2 is 1.38 bits per heavy atom. The minimum absolute atomic E-state index is 1.28. The average molecular weight is 181 g/mol. The molecule has 0 heteroatoms. The molecule has 0 aliphatic rings. The number of rotatable bonds is 9. The molecule has 0 rings (SSSR count). The van der Waals surface area contributed by atoms with Gasteiger partial charge in [-0.25, -0.2) is 0 Å². The quantitative estimate of drug-likeness (QED) is 0.443. The maximum absolute atomic E-state index is 3.88. The van der Waals surface area contributed by atoms with E-state index in [-0.39, 0.29) is 0 Å². The molecule has 0 spiro atoms. The van der Waals surface area contributed by atoms with E-state index in [0.717, 1.165) is 0 Å². The summed E-state index contributed by atoms with van der Waals surface area (Å²) in [5, 5.41) is 0. The molecule has 0 nitrogen and oxygen atoms in total. The third-order valence-electron chi connectivity index (χ3n) is 2.49. The molecule has 0 saturated carbocycles. The molecule has 1 radical (unpaired) electrons. The highest BCUT2D eigenvalue weighted by molar-refractivity contribution is 5.05. The van der Waals surface area contributed by atoms with Crippen LogP contribution in [0.15, 0.2) is 12.7 Å². The highest BCUT2D eigenvalue weighted by Crippen LogP contribution is 2.20. The molecular formula is C13H25. The molecule has 0 aromatic rings. The van der Waals surface area contributed by atoms with Gasteiger partial charge in [-0.3, -0.25) is 0 Å². The zero-order chi connectivity index (χ0) is 9.94. The van der Waals surface area contributed by atoms with Crippen molar-refractivity contribution in [1.82, 2.24) is 0 Å². The third-order valence-corrected chi connectivity index (χ3v) is 2.49. The molecule has 0 amide bonds. The fourth-order valence-electron chi connectivity index (χ4n) is 1.53. The van der Waals surface area contributed by atoms with E-state index in [1.807, 2.05) is 0 Å². The van der Waals surface area contributed by atoms with Gasteiger partial charge in [0.25, 0.3) is 0 Å². The first kappa shape index (κ1) is 12.7. The molecule has 0 heterocycles. The van der Waals surface area contributed by atoms with Gasteiger partial charge in [0, 0.05) is 0 Å². The van der Waals surface area contributed by atoms with Gasteiger partial charge in [0.05, 0.1) is 0 Å². The first-order valence-electron chi connectivity index (χ1n) is 5.82. The normalized spacial score (nSPS) is 10.7. The highest BCUT2D eigenvalue weighted by Gasteiger charge is 2.03. The predicted molar refractivity (Wildman–Crippen MR) is 61.7 cm³/mol. The maximum atomic E-state index is 3.88. The van der Waals surface area contributed by atoms with Crippen LogP contribution in [0, 0.1) is 5.92 Å². The lowest BCUT2D eigenvalue weighted by molar-refractivity contribution is 0.622. The predicted octanol–water partition coefficient (Wildman–Crippen LogP) is 4.91. The van der Waals surface area contributed by atoms with E-state index >= 15 is 0 Å². The van der Waals surface area contributed by atoms with Crippen LogP contribution in [0.5, 0.6) is 0 Å². The highest BCUT2D eigenvalue weighted by atomic mass is 14.1. The Balaban J connectivity index is 3.34. The van der Waals surface area contributed by atoms with Gasteiger partial charge in [-0.15, -0.1) is 6.58 Å². The standard InChI is InChI=1S/C13H25/c1-4-7-9-11-13(6-3)12-10-8-5-2/h6H,3-5,7-12H2,1-2H3. The van der Waals surface area contributed by atoms with E-state index in [2.05, 4.69) is 26.5 Å². The summed E-state index contributed by atoms with van der Waals surface area (Å²) in [4.78, 5) is 0. The van der Waals surface area contributed by atoms with Crippen LogP contribution in [0.3, 0.4) is 0 Å². The van der Waals surface area contributed by atoms with E-state index < -0.39 is 0 Å². The van der Waals surface area contributed by atoms with Crippen molar-refractivity contribution in [2.24, 2.45) is 0 Å². The molecule has 77 valence electrons. The summed E-state index contributed by atoms with van der Waals surface area (Å²) in [5.74, 6) is 1.57. The Labute approximate surface area is 84.4 Å². The molecule has 0 saturated heterocycles. The SMILES string of the molecule is C=C[C](CCCCC)CCCCC. The molecule has 0 fully saturated rings. The first-order chi connectivity index (χ1) is 6.35. The molecular weight excluding hydrogens is 156 g/mol. The van der Waals surface area contributed by atoms with Crippen molar-refractivity contribution < 1.29 is 0 Å². The van der Waals surface area contributed by atoms with Crippen molar-refractivity contribution in [2.45, 2.75) is 65.2 Å². The molecule has 0 aromatic carbocycles. The summed E-state index contributed by atoms with van der Waals surface area (Å²) >= 11 is 0. The second-order valence-electron chi connectivity index (χ2n) is 3.78. The number of allylic oxidation sites excluding steroid dienone is 1. The molecule has 0 N–H and O–H groups in total. The van der Waals surface area contributed by atoms with Gasteiger partial charge in [0.2, 0.25) is 0 Å². The Morgan fingerprint density at radius 1 is 0.923 bits per heavy atom. The molecule has 0 unspecified atom stereocenters. The Bertz CT molecular complexity index is 94.6. The topological polar surface area (TPSA) is 0 Å². The van der Waals surface area contributed by atoms with Crippen molar-refractivity contribution in [2.75, 3.05) is 0 Å². The van der Waals surface area contributed by atoms with E-state index in [1.165, 1.54) is 51.4 Å². The number of unbranched alkanes of at least 4 members (excludes halogenated alkanes) is 4.